The number of nitrogens with two attached hydrogens (primary N) is 1. The molecule has 0 spiro atoms. The van der Waals surface area contributed by atoms with Crippen LogP contribution in [0.15, 0.2) is 54.9 Å². The van der Waals surface area contributed by atoms with E-state index < -0.39 is 5.60 Å². The van der Waals surface area contributed by atoms with E-state index in [0.29, 0.717) is 30.1 Å². The highest BCUT2D eigenvalue weighted by molar-refractivity contribution is 5.70. The fourth-order valence-electron chi connectivity index (χ4n) is 4.10. The Bertz CT molecular complexity index is 1300. The lowest BCUT2D eigenvalue weighted by atomic mass is 9.90. The maximum Gasteiger partial charge on any atom is 0.410 e. The van der Waals surface area contributed by atoms with Crippen LogP contribution in [0.3, 0.4) is 0 Å². The molecule has 1 aromatic carbocycles. The van der Waals surface area contributed by atoms with Crippen LogP contribution in [0.5, 0.6) is 5.75 Å². The van der Waals surface area contributed by atoms with Gasteiger partial charge in [0.2, 0.25) is 0 Å². The summed E-state index contributed by atoms with van der Waals surface area (Å²) in [5.74, 6) is 7.25. The maximum absolute atomic E-state index is 12.8. The second-order valence-corrected chi connectivity index (χ2v) is 9.72. The minimum Gasteiger partial charge on any atom is -0.467 e. The Balaban J connectivity index is 1.63. The number of methoxy groups -OCH3 is 1. The van der Waals surface area contributed by atoms with Crippen molar-refractivity contribution in [2.45, 2.75) is 32.3 Å². The molecule has 1 aliphatic heterocycles. The van der Waals surface area contributed by atoms with Crippen molar-refractivity contribution in [2.75, 3.05) is 32.7 Å². The number of anilines is 1. The standard InChI is InChI=1S/C28H31N5O4/c1-28(2,3)37-27(34)33-16-21(23(17-33)19-11-13-30-14-12-19)10-9-20-15-24(31-32-26(20)29)22-7-5-6-8-25(22)36-18-35-4/h5-8,11-15,21,23H,16-18H2,1-4H3,(H2,29,32)/t21-,23+/m1/s1. The summed E-state index contributed by atoms with van der Waals surface area (Å²) in [4.78, 5) is 18.6. The third-order valence-electron chi connectivity index (χ3n) is 5.82. The summed E-state index contributed by atoms with van der Waals surface area (Å²) in [6.07, 6.45) is 3.14. The van der Waals surface area contributed by atoms with Gasteiger partial charge in [0.05, 0.1) is 11.3 Å². The van der Waals surface area contributed by atoms with Crippen LogP contribution in [0.4, 0.5) is 10.6 Å². The van der Waals surface area contributed by atoms with Crippen LogP contribution >= 0.6 is 0 Å². The molecule has 1 saturated heterocycles. The SMILES string of the molecule is COCOc1ccccc1-c1cc(C#C[C@@H]2CN(C(=O)OC(C)(C)C)C[C@H]2c2ccncc2)c(N)nn1. The molecular formula is C28H31N5O4. The molecular weight excluding hydrogens is 470 g/mol. The number of likely N-dealkylation sites (tertiary alicyclic amines) is 1. The largest absolute Gasteiger partial charge is 0.467 e. The summed E-state index contributed by atoms with van der Waals surface area (Å²) in [6.45, 7) is 6.61. The fraction of sp³-hybridized carbons (Fsp3) is 0.357. The summed E-state index contributed by atoms with van der Waals surface area (Å²) in [5, 5.41) is 8.38. The zero-order valence-electron chi connectivity index (χ0n) is 21.5. The van der Waals surface area contributed by atoms with Crippen LogP contribution in [-0.2, 0) is 9.47 Å². The number of aromatic nitrogens is 3. The normalized spacial score (nSPS) is 17.1. The van der Waals surface area contributed by atoms with Crippen molar-refractivity contribution in [1.29, 1.82) is 0 Å². The van der Waals surface area contributed by atoms with Crippen molar-refractivity contribution in [3.63, 3.8) is 0 Å². The molecule has 0 bridgehead atoms. The number of hydrogen-bond acceptors (Lipinski definition) is 8. The Morgan fingerprint density at radius 1 is 1.14 bits per heavy atom. The van der Waals surface area contributed by atoms with E-state index in [4.69, 9.17) is 19.9 Å². The van der Waals surface area contributed by atoms with E-state index in [1.807, 2.05) is 57.2 Å². The zero-order chi connectivity index (χ0) is 26.4. The van der Waals surface area contributed by atoms with Gasteiger partial charge in [-0.25, -0.2) is 4.79 Å². The Kier molecular flexibility index (Phi) is 7.89. The molecule has 1 fully saturated rings. The molecule has 0 radical (unpaired) electrons. The minimum atomic E-state index is -0.580. The highest BCUT2D eigenvalue weighted by Crippen LogP contribution is 2.33. The Morgan fingerprint density at radius 3 is 2.62 bits per heavy atom. The number of para-hydroxylation sites is 1. The monoisotopic (exact) mass is 501 g/mol. The van der Waals surface area contributed by atoms with Crippen LogP contribution in [0.2, 0.25) is 0 Å². The lowest BCUT2D eigenvalue weighted by Gasteiger charge is -2.24. The first kappa shape index (κ1) is 25.9. The smallest absolute Gasteiger partial charge is 0.410 e. The zero-order valence-corrected chi connectivity index (χ0v) is 21.5. The van der Waals surface area contributed by atoms with Gasteiger partial charge >= 0.3 is 6.09 Å². The van der Waals surface area contributed by atoms with E-state index >= 15 is 0 Å². The van der Waals surface area contributed by atoms with Gasteiger partial charge in [-0.3, -0.25) is 4.98 Å². The summed E-state index contributed by atoms with van der Waals surface area (Å²) in [7, 11) is 1.56. The van der Waals surface area contributed by atoms with Gasteiger partial charge in [-0.05, 0) is 56.7 Å². The number of pyridine rings is 1. The van der Waals surface area contributed by atoms with Gasteiger partial charge in [-0.1, -0.05) is 24.0 Å². The van der Waals surface area contributed by atoms with E-state index in [9.17, 15) is 4.79 Å². The van der Waals surface area contributed by atoms with Crippen molar-refractivity contribution in [3.05, 3.63) is 66.0 Å². The molecule has 9 heteroatoms. The summed E-state index contributed by atoms with van der Waals surface area (Å²) in [6, 6.07) is 13.2. The maximum atomic E-state index is 12.8. The van der Waals surface area contributed by atoms with Crippen molar-refractivity contribution in [1.82, 2.24) is 20.1 Å². The number of benzene rings is 1. The molecule has 0 unspecified atom stereocenters. The highest BCUT2D eigenvalue weighted by Gasteiger charge is 2.37. The van der Waals surface area contributed by atoms with E-state index in [-0.39, 0.29) is 30.5 Å². The lowest BCUT2D eigenvalue weighted by Crippen LogP contribution is -2.35. The summed E-state index contributed by atoms with van der Waals surface area (Å²) < 4.78 is 16.3. The van der Waals surface area contributed by atoms with Gasteiger partial charge in [0, 0.05) is 50.0 Å². The Labute approximate surface area is 217 Å². The van der Waals surface area contributed by atoms with Crippen LogP contribution < -0.4 is 10.5 Å². The number of ether oxygens (including phenoxy) is 3. The number of amides is 1. The molecule has 192 valence electrons. The first-order valence-electron chi connectivity index (χ1n) is 12.0. The molecule has 9 nitrogen and oxygen atoms in total. The number of nitrogen functional groups attached to an aromatic ring is 1. The predicted octanol–water partition coefficient (Wildman–Crippen LogP) is 4.11. The first-order valence-corrected chi connectivity index (χ1v) is 12.0. The van der Waals surface area contributed by atoms with Gasteiger partial charge in [0.1, 0.15) is 11.4 Å². The van der Waals surface area contributed by atoms with Crippen LogP contribution in [0, 0.1) is 17.8 Å². The van der Waals surface area contributed by atoms with Gasteiger partial charge in [0.15, 0.2) is 12.6 Å². The first-order chi connectivity index (χ1) is 17.7. The second-order valence-electron chi connectivity index (χ2n) is 9.72. The van der Waals surface area contributed by atoms with Crippen molar-refractivity contribution in [3.8, 4) is 28.8 Å². The molecule has 2 aromatic heterocycles. The summed E-state index contributed by atoms with van der Waals surface area (Å²) in [5.41, 5.74) is 8.51. The lowest BCUT2D eigenvalue weighted by molar-refractivity contribution is 0.0289. The molecule has 3 aromatic rings. The van der Waals surface area contributed by atoms with E-state index in [1.165, 1.54) is 0 Å². The molecule has 3 heterocycles. The average Bonchev–Trinajstić information content (AvgIpc) is 3.31. The highest BCUT2D eigenvalue weighted by atomic mass is 16.7. The molecule has 1 amide bonds. The predicted molar refractivity (Wildman–Crippen MR) is 140 cm³/mol. The second kappa shape index (κ2) is 11.3. The molecule has 2 atom stereocenters. The number of carbonyl (C=O) groups is 1. The Morgan fingerprint density at radius 2 is 1.89 bits per heavy atom. The van der Waals surface area contributed by atoms with E-state index in [1.54, 1.807) is 30.5 Å². The summed E-state index contributed by atoms with van der Waals surface area (Å²) >= 11 is 0. The molecule has 2 N–H and O–H groups in total. The molecule has 1 aliphatic rings. The topological polar surface area (TPSA) is 113 Å². The van der Waals surface area contributed by atoms with Crippen LogP contribution in [0.25, 0.3) is 11.3 Å². The molecule has 37 heavy (non-hydrogen) atoms. The molecule has 0 saturated carbocycles. The van der Waals surface area contributed by atoms with Crippen LogP contribution in [-0.4, -0.2) is 58.8 Å². The van der Waals surface area contributed by atoms with Gasteiger partial charge in [0.25, 0.3) is 0 Å². The van der Waals surface area contributed by atoms with Gasteiger partial charge in [-0.15, -0.1) is 10.2 Å². The van der Waals surface area contributed by atoms with Crippen molar-refractivity contribution < 1.29 is 19.0 Å². The Hall–Kier alpha value is -4.16. The third kappa shape index (κ3) is 6.54. The number of nitrogens with zero attached hydrogens (tertiary/aromatic N) is 4. The van der Waals surface area contributed by atoms with Crippen molar-refractivity contribution >= 4 is 11.9 Å². The third-order valence-corrected chi connectivity index (χ3v) is 5.82. The van der Waals surface area contributed by atoms with Gasteiger partial charge in [-0.2, -0.15) is 0 Å². The average molecular weight is 502 g/mol. The van der Waals surface area contributed by atoms with Crippen molar-refractivity contribution in [2.24, 2.45) is 5.92 Å². The number of hydrogen-bond donors (Lipinski definition) is 1. The molecule has 0 aliphatic carbocycles. The van der Waals surface area contributed by atoms with E-state index in [2.05, 4.69) is 27.0 Å². The number of carbonyl (C=O) groups excluding carboxylic acids is 1. The minimum absolute atomic E-state index is 0.00156. The van der Waals surface area contributed by atoms with Gasteiger partial charge < -0.3 is 24.8 Å². The quantitative estimate of drug-likeness (QED) is 0.411. The van der Waals surface area contributed by atoms with Crippen LogP contribution in [0.1, 0.15) is 37.8 Å². The number of rotatable bonds is 5. The molecule has 4 rings (SSSR count). The van der Waals surface area contributed by atoms with E-state index in [0.717, 1.165) is 11.1 Å². The fourth-order valence-corrected chi connectivity index (χ4v) is 4.10.